The molecule has 2 nitrogen and oxygen atoms in total. The number of halogens is 3. The van der Waals surface area contributed by atoms with Crippen LogP contribution in [0.1, 0.15) is 56.8 Å². The van der Waals surface area contributed by atoms with Crippen LogP contribution < -0.4 is 0 Å². The third-order valence-corrected chi connectivity index (χ3v) is 4.46. The number of aromatic nitrogens is 2. The Morgan fingerprint density at radius 1 is 1.38 bits per heavy atom. The first-order chi connectivity index (χ1) is 10.0. The zero-order valence-electron chi connectivity index (χ0n) is 12.2. The number of rotatable bonds is 5. The van der Waals surface area contributed by atoms with Crippen molar-refractivity contribution in [3.63, 3.8) is 0 Å². The minimum absolute atomic E-state index is 0.120. The summed E-state index contributed by atoms with van der Waals surface area (Å²) >= 11 is 6.23. The average Bonchev–Trinajstić information content (AvgIpc) is 3.18. The van der Waals surface area contributed by atoms with Gasteiger partial charge < -0.3 is 4.57 Å². The molecule has 0 bridgehead atoms. The second-order valence-electron chi connectivity index (χ2n) is 5.93. The number of alkyl halides is 1. The van der Waals surface area contributed by atoms with Crippen molar-refractivity contribution in [3.8, 4) is 0 Å². The normalized spacial score (nSPS) is 18.1. The molecule has 1 aromatic carbocycles. The molecule has 1 aromatic heterocycles. The van der Waals surface area contributed by atoms with Crippen LogP contribution in [-0.2, 0) is 0 Å². The van der Waals surface area contributed by atoms with E-state index in [4.69, 9.17) is 11.6 Å². The van der Waals surface area contributed by atoms with E-state index in [1.54, 1.807) is 0 Å². The molecule has 114 valence electrons. The molecule has 1 aliphatic rings. The van der Waals surface area contributed by atoms with Crippen LogP contribution in [0, 0.1) is 17.6 Å². The SMILES string of the molecule is CCC(CC1CC1)n1c(C(C)Cl)nc2ccc(F)c(F)c21. The molecule has 0 aliphatic heterocycles. The van der Waals surface area contributed by atoms with E-state index >= 15 is 0 Å². The molecule has 0 amide bonds. The van der Waals surface area contributed by atoms with Gasteiger partial charge in [0, 0.05) is 6.04 Å². The Labute approximate surface area is 128 Å². The lowest BCUT2D eigenvalue weighted by molar-refractivity contribution is 0.418. The van der Waals surface area contributed by atoms with Crippen molar-refractivity contribution < 1.29 is 8.78 Å². The van der Waals surface area contributed by atoms with Crippen molar-refractivity contribution in [2.24, 2.45) is 5.92 Å². The Kier molecular flexibility index (Phi) is 3.91. The zero-order valence-corrected chi connectivity index (χ0v) is 13.0. The number of nitrogens with zero attached hydrogens (tertiary/aromatic N) is 2. The lowest BCUT2D eigenvalue weighted by Gasteiger charge is -2.21. The Bertz CT molecular complexity index is 662. The van der Waals surface area contributed by atoms with Crippen LogP contribution in [0.15, 0.2) is 12.1 Å². The fraction of sp³-hybridized carbons (Fsp3) is 0.562. The van der Waals surface area contributed by atoms with Crippen LogP contribution in [-0.4, -0.2) is 9.55 Å². The van der Waals surface area contributed by atoms with E-state index in [9.17, 15) is 8.78 Å². The van der Waals surface area contributed by atoms with Gasteiger partial charge in [-0.15, -0.1) is 11.6 Å². The minimum atomic E-state index is -0.835. The van der Waals surface area contributed by atoms with Gasteiger partial charge in [-0.05, 0) is 37.8 Å². The number of imidazole rings is 1. The Morgan fingerprint density at radius 2 is 2.10 bits per heavy atom. The molecule has 3 rings (SSSR count). The maximum absolute atomic E-state index is 14.3. The van der Waals surface area contributed by atoms with Crippen molar-refractivity contribution in [2.75, 3.05) is 0 Å². The van der Waals surface area contributed by atoms with E-state index in [0.717, 1.165) is 18.9 Å². The molecular weight excluding hydrogens is 294 g/mol. The summed E-state index contributed by atoms with van der Waals surface area (Å²) in [5.74, 6) is -0.331. The van der Waals surface area contributed by atoms with Crippen LogP contribution in [0.25, 0.3) is 11.0 Å². The summed E-state index contributed by atoms with van der Waals surface area (Å²) < 4.78 is 29.8. The van der Waals surface area contributed by atoms with Gasteiger partial charge in [0.25, 0.3) is 0 Å². The largest absolute Gasteiger partial charge is 0.321 e. The number of hydrogen-bond acceptors (Lipinski definition) is 1. The highest BCUT2D eigenvalue weighted by atomic mass is 35.5. The number of hydrogen-bond donors (Lipinski definition) is 0. The van der Waals surface area contributed by atoms with Gasteiger partial charge >= 0.3 is 0 Å². The summed E-state index contributed by atoms with van der Waals surface area (Å²) in [6.07, 6.45) is 4.29. The molecule has 0 radical (unpaired) electrons. The standard InChI is InChI=1S/C16H19ClF2N2/c1-3-11(8-10-4-5-10)21-15-13(20-16(21)9(2)17)7-6-12(18)14(15)19/h6-7,9-11H,3-5,8H2,1-2H3. The summed E-state index contributed by atoms with van der Waals surface area (Å²) in [6, 6.07) is 2.77. The van der Waals surface area contributed by atoms with Gasteiger partial charge in [0.05, 0.1) is 10.9 Å². The Balaban J connectivity index is 2.20. The first-order valence-electron chi connectivity index (χ1n) is 7.52. The molecule has 0 N–H and O–H groups in total. The van der Waals surface area contributed by atoms with Crippen molar-refractivity contribution in [1.29, 1.82) is 0 Å². The van der Waals surface area contributed by atoms with Crippen LogP contribution in [0.5, 0.6) is 0 Å². The molecule has 2 atom stereocenters. The van der Waals surface area contributed by atoms with E-state index in [1.165, 1.54) is 18.9 Å². The molecule has 5 heteroatoms. The zero-order chi connectivity index (χ0) is 15.1. The number of benzene rings is 1. The Hall–Kier alpha value is -1.16. The van der Waals surface area contributed by atoms with Gasteiger partial charge in [-0.3, -0.25) is 0 Å². The molecule has 2 aromatic rings. The molecule has 21 heavy (non-hydrogen) atoms. The fourth-order valence-corrected chi connectivity index (χ4v) is 3.14. The predicted molar refractivity (Wildman–Crippen MR) is 80.6 cm³/mol. The second kappa shape index (κ2) is 5.56. The average molecular weight is 313 g/mol. The van der Waals surface area contributed by atoms with E-state index < -0.39 is 11.6 Å². The summed E-state index contributed by atoms with van der Waals surface area (Å²) in [4.78, 5) is 4.44. The van der Waals surface area contributed by atoms with E-state index in [-0.39, 0.29) is 16.9 Å². The highest BCUT2D eigenvalue weighted by molar-refractivity contribution is 6.20. The van der Waals surface area contributed by atoms with Gasteiger partial charge in [0.2, 0.25) is 0 Å². The smallest absolute Gasteiger partial charge is 0.184 e. The molecule has 1 fully saturated rings. The maximum atomic E-state index is 14.3. The summed E-state index contributed by atoms with van der Waals surface area (Å²) in [5.41, 5.74) is 0.732. The van der Waals surface area contributed by atoms with E-state index in [2.05, 4.69) is 11.9 Å². The number of fused-ring (bicyclic) bond motifs is 1. The van der Waals surface area contributed by atoms with Gasteiger partial charge in [-0.1, -0.05) is 19.8 Å². The highest BCUT2D eigenvalue weighted by Gasteiger charge is 2.29. The van der Waals surface area contributed by atoms with Gasteiger partial charge in [0.15, 0.2) is 11.6 Å². The van der Waals surface area contributed by atoms with Gasteiger partial charge in [-0.2, -0.15) is 0 Å². The molecule has 1 heterocycles. The molecule has 0 saturated heterocycles. The quantitative estimate of drug-likeness (QED) is 0.679. The van der Waals surface area contributed by atoms with Crippen molar-refractivity contribution in [1.82, 2.24) is 9.55 Å². The minimum Gasteiger partial charge on any atom is -0.321 e. The summed E-state index contributed by atoms with van der Waals surface area (Å²) in [6.45, 7) is 3.89. The molecule has 0 spiro atoms. The molecule has 1 saturated carbocycles. The molecule has 1 aliphatic carbocycles. The topological polar surface area (TPSA) is 17.8 Å². The molecule has 2 unspecified atom stereocenters. The Morgan fingerprint density at radius 3 is 2.67 bits per heavy atom. The van der Waals surface area contributed by atoms with Gasteiger partial charge in [-0.25, -0.2) is 13.8 Å². The fourth-order valence-electron chi connectivity index (χ4n) is 2.98. The van der Waals surface area contributed by atoms with Gasteiger partial charge in [0.1, 0.15) is 11.3 Å². The van der Waals surface area contributed by atoms with Crippen molar-refractivity contribution in [2.45, 2.75) is 50.9 Å². The second-order valence-corrected chi connectivity index (χ2v) is 6.58. The van der Waals surface area contributed by atoms with Crippen LogP contribution >= 0.6 is 11.6 Å². The first kappa shape index (κ1) is 14.8. The summed E-state index contributed by atoms with van der Waals surface area (Å²) in [7, 11) is 0. The maximum Gasteiger partial charge on any atom is 0.184 e. The molecular formula is C16H19ClF2N2. The van der Waals surface area contributed by atoms with Crippen LogP contribution in [0.2, 0.25) is 0 Å². The lowest BCUT2D eigenvalue weighted by Crippen LogP contribution is -2.14. The first-order valence-corrected chi connectivity index (χ1v) is 7.96. The van der Waals surface area contributed by atoms with Crippen molar-refractivity contribution >= 4 is 22.6 Å². The monoisotopic (exact) mass is 312 g/mol. The third-order valence-electron chi connectivity index (χ3n) is 4.26. The summed E-state index contributed by atoms with van der Waals surface area (Å²) in [5, 5.41) is -0.340. The lowest BCUT2D eigenvalue weighted by atomic mass is 10.1. The van der Waals surface area contributed by atoms with Crippen LogP contribution in [0.3, 0.4) is 0 Å². The van der Waals surface area contributed by atoms with Crippen LogP contribution in [0.4, 0.5) is 8.78 Å². The van der Waals surface area contributed by atoms with E-state index in [1.807, 2.05) is 11.5 Å². The highest BCUT2D eigenvalue weighted by Crippen LogP contribution is 2.41. The third kappa shape index (κ3) is 2.66. The van der Waals surface area contributed by atoms with Crippen molar-refractivity contribution in [3.05, 3.63) is 29.6 Å². The van der Waals surface area contributed by atoms with E-state index in [0.29, 0.717) is 17.3 Å². The predicted octanol–water partition coefficient (Wildman–Crippen LogP) is 5.37.